The van der Waals surface area contributed by atoms with Gasteiger partial charge in [-0.15, -0.1) is 0 Å². The fourth-order valence-electron chi connectivity index (χ4n) is 2.16. The highest BCUT2D eigenvalue weighted by atomic mass is 35.5. The quantitative estimate of drug-likeness (QED) is 0.530. The lowest BCUT2D eigenvalue weighted by molar-refractivity contribution is 0.309. The van der Waals surface area contributed by atoms with Crippen LogP contribution in [0.15, 0.2) is 32.1 Å². The van der Waals surface area contributed by atoms with Crippen LogP contribution in [0.1, 0.15) is 0 Å². The first kappa shape index (κ1) is 19.9. The topological polar surface area (TPSA) is 162 Å². The van der Waals surface area contributed by atoms with Gasteiger partial charge in [0.1, 0.15) is 5.82 Å². The lowest BCUT2D eigenvalue weighted by Gasteiger charge is -2.13. The molecule has 12 nitrogen and oxygen atoms in total. The van der Waals surface area contributed by atoms with Crippen molar-refractivity contribution in [2.24, 2.45) is 5.14 Å². The Morgan fingerprint density at radius 2 is 2.11 bits per heavy atom. The number of hydrogen-bond donors (Lipinski definition) is 2. The Morgan fingerprint density at radius 1 is 1.36 bits per heavy atom. The zero-order chi connectivity index (χ0) is 20.5. The Bertz CT molecular complexity index is 1160. The van der Waals surface area contributed by atoms with E-state index >= 15 is 0 Å². The van der Waals surface area contributed by atoms with Gasteiger partial charge in [0.15, 0.2) is 5.69 Å². The lowest BCUT2D eigenvalue weighted by atomic mass is 10.3. The number of nitrogens with zero attached hydrogens (tertiary/aromatic N) is 5. The molecule has 3 N–H and O–H groups in total. The molecule has 0 radical (unpaired) electrons. The second-order valence-corrected chi connectivity index (χ2v) is 7.52. The highest BCUT2D eigenvalue weighted by molar-refractivity contribution is 7.86. The van der Waals surface area contributed by atoms with Gasteiger partial charge in [-0.1, -0.05) is 16.8 Å². The minimum Gasteiger partial charge on any atom is -0.364 e. The molecule has 0 amide bonds. The monoisotopic (exact) mass is 433 g/mol. The van der Waals surface area contributed by atoms with Gasteiger partial charge >= 0.3 is 5.76 Å². The summed E-state index contributed by atoms with van der Waals surface area (Å²) in [6, 6.07) is 3.58. The molecular weight excluding hydrogens is 421 g/mol. The molecule has 3 aromatic rings. The van der Waals surface area contributed by atoms with E-state index in [2.05, 4.69) is 29.9 Å². The van der Waals surface area contributed by atoms with Crippen molar-refractivity contribution >= 4 is 27.6 Å². The van der Waals surface area contributed by atoms with E-state index in [0.717, 1.165) is 14.9 Å². The van der Waals surface area contributed by atoms with E-state index in [0.29, 0.717) is 0 Å². The summed E-state index contributed by atoms with van der Waals surface area (Å²) in [5.74, 6) is -1.56. The van der Waals surface area contributed by atoms with Crippen LogP contribution in [0.4, 0.5) is 10.2 Å². The van der Waals surface area contributed by atoms with Gasteiger partial charge in [-0.2, -0.15) is 12.7 Å². The lowest BCUT2D eigenvalue weighted by Crippen LogP contribution is -2.36. The second kappa shape index (κ2) is 7.67. The van der Waals surface area contributed by atoms with E-state index in [1.54, 1.807) is 0 Å². The van der Waals surface area contributed by atoms with Crippen LogP contribution in [0.2, 0.25) is 5.02 Å². The molecule has 0 saturated carbocycles. The van der Waals surface area contributed by atoms with Crippen LogP contribution in [0.3, 0.4) is 0 Å². The average molecular weight is 434 g/mol. The maximum atomic E-state index is 13.4. The maximum Gasteiger partial charge on any atom is 0.446 e. The Balaban J connectivity index is 1.89. The van der Waals surface area contributed by atoms with Crippen LogP contribution in [-0.4, -0.2) is 52.9 Å². The number of nitrogens with two attached hydrogens (primary N) is 1. The van der Waals surface area contributed by atoms with Gasteiger partial charge in [0.25, 0.3) is 10.2 Å². The Hall–Kier alpha value is -2.81. The van der Waals surface area contributed by atoms with Gasteiger partial charge in [-0.05, 0) is 28.5 Å². The van der Waals surface area contributed by atoms with Gasteiger partial charge in [0.2, 0.25) is 11.6 Å². The van der Waals surface area contributed by atoms with Crippen LogP contribution in [0.5, 0.6) is 0 Å². The van der Waals surface area contributed by atoms with E-state index in [-0.39, 0.29) is 41.1 Å². The van der Waals surface area contributed by atoms with Crippen LogP contribution in [-0.2, 0) is 10.2 Å². The molecule has 0 spiro atoms. The normalized spacial score (nSPS) is 11.9. The largest absolute Gasteiger partial charge is 0.446 e. The van der Waals surface area contributed by atoms with Crippen LogP contribution in [0, 0.1) is 5.82 Å². The number of hydrogen-bond acceptors (Lipinski definition) is 9. The Morgan fingerprint density at radius 3 is 2.79 bits per heavy atom. The predicted octanol–water partition coefficient (Wildman–Crippen LogP) is 0.215. The summed E-state index contributed by atoms with van der Waals surface area (Å²) in [6.45, 7) is 0.114. The maximum absolute atomic E-state index is 13.4. The molecule has 0 fully saturated rings. The van der Waals surface area contributed by atoms with E-state index in [1.165, 1.54) is 19.2 Å². The van der Waals surface area contributed by atoms with Crippen LogP contribution >= 0.6 is 11.6 Å². The molecule has 0 aliphatic carbocycles. The number of nitrogens with one attached hydrogen (secondary N) is 1. The van der Waals surface area contributed by atoms with Crippen LogP contribution < -0.4 is 16.2 Å². The number of aromatic nitrogens is 4. The molecule has 0 aliphatic heterocycles. The first-order valence-electron chi connectivity index (χ1n) is 7.53. The summed E-state index contributed by atoms with van der Waals surface area (Å²) in [5, 5.41) is 18.5. The molecule has 0 aliphatic rings. The first-order chi connectivity index (χ1) is 13.2. The smallest absolute Gasteiger partial charge is 0.364 e. The first-order valence-corrected chi connectivity index (χ1v) is 9.41. The van der Waals surface area contributed by atoms with Crippen LogP contribution in [0.25, 0.3) is 17.2 Å². The number of likely N-dealkylation sites (N-methyl/N-ethyl adjacent to an activating group) is 1. The average Bonchev–Trinajstić information content (AvgIpc) is 3.22. The fraction of sp³-hybridized carbons (Fsp3) is 0.231. The number of benzene rings is 1. The summed E-state index contributed by atoms with van der Waals surface area (Å²) in [5.41, 5.74) is 0.181. The minimum absolute atomic E-state index is 0.00422. The predicted molar refractivity (Wildman–Crippen MR) is 94.6 cm³/mol. The molecule has 0 saturated heterocycles. The molecule has 150 valence electrons. The van der Waals surface area contributed by atoms with Gasteiger partial charge in [0, 0.05) is 20.1 Å². The number of halogens is 2. The molecular formula is C13H13ClFN7O5S. The highest BCUT2D eigenvalue weighted by Crippen LogP contribution is 2.25. The fourth-order valence-corrected chi connectivity index (χ4v) is 2.68. The summed E-state index contributed by atoms with van der Waals surface area (Å²) in [6.07, 6.45) is 0. The van der Waals surface area contributed by atoms with Crippen molar-refractivity contribution in [1.29, 1.82) is 0 Å². The molecule has 1 aromatic carbocycles. The van der Waals surface area contributed by atoms with Crippen molar-refractivity contribution < 1.29 is 22.0 Å². The van der Waals surface area contributed by atoms with Gasteiger partial charge in [-0.3, -0.25) is 4.52 Å². The van der Waals surface area contributed by atoms with Crippen molar-refractivity contribution in [3.63, 3.8) is 0 Å². The third-order valence-electron chi connectivity index (χ3n) is 3.62. The van der Waals surface area contributed by atoms with E-state index in [1.807, 2.05) is 0 Å². The SMILES string of the molecule is CN(CCNc1nonc1-c1noc(=O)n1-c1ccc(F)c(Cl)c1)S(N)(=O)=O. The molecule has 2 aromatic heterocycles. The Labute approximate surface area is 161 Å². The van der Waals surface area contributed by atoms with Crippen molar-refractivity contribution in [3.05, 3.63) is 39.6 Å². The van der Waals surface area contributed by atoms with Gasteiger partial charge in [-0.25, -0.2) is 23.5 Å². The zero-order valence-corrected chi connectivity index (χ0v) is 15.7. The standard InChI is InChI=1S/C13H13ClFN7O5S/c1-21(28(16,24)25)5-4-17-11-10(18-27-19-11)12-20-26-13(23)22(12)7-2-3-9(15)8(14)6-7/h2-3,6H,4-5H2,1H3,(H,17,19)(H2,16,24,25). The van der Waals surface area contributed by atoms with Crippen molar-refractivity contribution in [2.45, 2.75) is 0 Å². The van der Waals surface area contributed by atoms with E-state index in [9.17, 15) is 17.6 Å². The van der Waals surface area contributed by atoms with Crippen molar-refractivity contribution in [1.82, 2.24) is 24.3 Å². The van der Waals surface area contributed by atoms with Gasteiger partial charge < -0.3 is 5.32 Å². The van der Waals surface area contributed by atoms with E-state index in [4.69, 9.17) is 16.7 Å². The summed E-state index contributed by atoms with van der Waals surface area (Å²) < 4.78 is 47.0. The molecule has 3 rings (SSSR count). The third-order valence-corrected chi connectivity index (χ3v) is 4.96. The van der Waals surface area contributed by atoms with Crippen molar-refractivity contribution in [2.75, 3.05) is 25.5 Å². The summed E-state index contributed by atoms with van der Waals surface area (Å²) >= 11 is 5.76. The summed E-state index contributed by atoms with van der Waals surface area (Å²) in [4.78, 5) is 12.1. The number of anilines is 1. The minimum atomic E-state index is -3.84. The van der Waals surface area contributed by atoms with Crippen molar-refractivity contribution in [3.8, 4) is 17.2 Å². The summed E-state index contributed by atoms with van der Waals surface area (Å²) in [7, 11) is -2.54. The Kier molecular flexibility index (Phi) is 5.46. The highest BCUT2D eigenvalue weighted by Gasteiger charge is 2.23. The molecule has 28 heavy (non-hydrogen) atoms. The molecule has 15 heteroatoms. The third kappa shape index (κ3) is 4.04. The van der Waals surface area contributed by atoms with E-state index < -0.39 is 21.8 Å². The molecule has 2 heterocycles. The number of rotatable bonds is 7. The van der Waals surface area contributed by atoms with Gasteiger partial charge in [0.05, 0.1) is 10.7 Å². The zero-order valence-electron chi connectivity index (χ0n) is 14.2. The molecule has 0 atom stereocenters. The molecule has 0 bridgehead atoms. The second-order valence-electron chi connectivity index (χ2n) is 5.46. The molecule has 0 unspecified atom stereocenters.